The number of thiocarbonyl (C=S) groups is 1. The first-order valence-electron chi connectivity index (χ1n) is 6.14. The van der Waals surface area contributed by atoms with Crippen LogP contribution in [0.4, 0.5) is 5.69 Å². The number of nitrogens with one attached hydrogen (secondary N) is 1. The second-order valence-electron chi connectivity index (χ2n) is 4.01. The van der Waals surface area contributed by atoms with E-state index in [-0.39, 0.29) is 0 Å². The molecule has 0 heterocycles. The maximum absolute atomic E-state index is 5.71. The van der Waals surface area contributed by atoms with Crippen LogP contribution in [0.1, 0.15) is 19.4 Å². The zero-order chi connectivity index (χ0) is 13.5. The molecule has 0 aromatic heterocycles. The Bertz CT molecular complexity index is 405. The summed E-state index contributed by atoms with van der Waals surface area (Å²) in [4.78, 5) is 2.79. The lowest BCUT2D eigenvalue weighted by atomic mass is 10.2. The van der Waals surface area contributed by atoms with Gasteiger partial charge in [-0.3, -0.25) is 0 Å². The third kappa shape index (κ3) is 4.55. The number of hydrogen-bond donors (Lipinski definition) is 2. The number of nitrogens with two attached hydrogens (primary N) is 1. The minimum Gasteiger partial charge on any atom is -0.389 e. The molecule has 0 bridgehead atoms. The van der Waals surface area contributed by atoms with Crippen LogP contribution in [0.2, 0.25) is 0 Å². The fourth-order valence-corrected chi connectivity index (χ4v) is 2.31. The van der Waals surface area contributed by atoms with Crippen LogP contribution in [-0.2, 0) is 0 Å². The van der Waals surface area contributed by atoms with Gasteiger partial charge in [-0.1, -0.05) is 42.0 Å². The van der Waals surface area contributed by atoms with Gasteiger partial charge in [-0.05, 0) is 31.3 Å². The molecular weight excluding hydrogens is 310 g/mol. The number of hydrogen-bond acceptors (Lipinski definition) is 3. The van der Waals surface area contributed by atoms with Gasteiger partial charge in [-0.15, -0.1) is 0 Å². The third-order valence-corrected chi connectivity index (χ3v) is 3.60. The fraction of sp³-hybridized carbons (Fsp3) is 0.462. The van der Waals surface area contributed by atoms with Gasteiger partial charge in [0.05, 0.1) is 0 Å². The molecule has 0 atom stereocenters. The number of likely N-dealkylation sites (N-methyl/N-ethyl adjacent to an activating group) is 1. The van der Waals surface area contributed by atoms with Gasteiger partial charge in [0.2, 0.25) is 0 Å². The summed E-state index contributed by atoms with van der Waals surface area (Å²) in [5, 5.41) is 3.40. The first-order chi connectivity index (χ1) is 8.58. The monoisotopic (exact) mass is 329 g/mol. The van der Waals surface area contributed by atoms with Crippen molar-refractivity contribution in [2.45, 2.75) is 13.8 Å². The van der Waals surface area contributed by atoms with Crippen LogP contribution in [0.3, 0.4) is 0 Å². The van der Waals surface area contributed by atoms with Crippen molar-refractivity contribution in [3.05, 3.63) is 28.2 Å². The van der Waals surface area contributed by atoms with Crippen molar-refractivity contribution in [2.75, 3.05) is 31.5 Å². The highest BCUT2D eigenvalue weighted by Gasteiger charge is 2.06. The maximum atomic E-state index is 5.71. The SMILES string of the molecule is CCN(CC)CCNc1cc(Br)ccc1C(N)=S. The molecule has 0 radical (unpaired) electrons. The zero-order valence-corrected chi connectivity index (χ0v) is 13.3. The average Bonchev–Trinajstić information content (AvgIpc) is 2.34. The number of rotatable bonds is 7. The van der Waals surface area contributed by atoms with Crippen LogP contribution < -0.4 is 11.1 Å². The Morgan fingerprint density at radius 3 is 2.61 bits per heavy atom. The molecule has 0 saturated carbocycles. The summed E-state index contributed by atoms with van der Waals surface area (Å²) >= 11 is 8.51. The van der Waals surface area contributed by atoms with Gasteiger partial charge in [0.15, 0.2) is 0 Å². The predicted octanol–water partition coefficient (Wildman–Crippen LogP) is 2.84. The Balaban J connectivity index is 2.66. The summed E-state index contributed by atoms with van der Waals surface area (Å²) in [7, 11) is 0. The molecule has 5 heteroatoms. The Kier molecular flexibility index (Phi) is 6.60. The van der Waals surface area contributed by atoms with Crippen LogP contribution in [0, 0.1) is 0 Å². The van der Waals surface area contributed by atoms with E-state index in [1.807, 2.05) is 18.2 Å². The van der Waals surface area contributed by atoms with E-state index in [1.54, 1.807) is 0 Å². The van der Waals surface area contributed by atoms with Crippen molar-refractivity contribution < 1.29 is 0 Å². The van der Waals surface area contributed by atoms with E-state index in [9.17, 15) is 0 Å². The number of anilines is 1. The van der Waals surface area contributed by atoms with Gasteiger partial charge in [-0.25, -0.2) is 0 Å². The van der Waals surface area contributed by atoms with E-state index >= 15 is 0 Å². The van der Waals surface area contributed by atoms with Gasteiger partial charge >= 0.3 is 0 Å². The molecule has 3 nitrogen and oxygen atoms in total. The standard InChI is InChI=1S/C13H20BrN3S/c1-3-17(4-2)8-7-16-12-9-10(14)5-6-11(12)13(15)18/h5-6,9,16H,3-4,7-8H2,1-2H3,(H2,15,18). The van der Waals surface area contributed by atoms with Crippen LogP contribution in [0.25, 0.3) is 0 Å². The highest BCUT2D eigenvalue weighted by atomic mass is 79.9. The molecule has 3 N–H and O–H groups in total. The Labute approximate surface area is 123 Å². The van der Waals surface area contributed by atoms with E-state index in [2.05, 4.69) is 40.0 Å². The molecule has 0 aliphatic rings. The van der Waals surface area contributed by atoms with Gasteiger partial charge < -0.3 is 16.0 Å². The highest BCUT2D eigenvalue weighted by Crippen LogP contribution is 2.21. The normalized spacial score (nSPS) is 10.7. The molecule has 1 rings (SSSR count). The van der Waals surface area contributed by atoms with Crippen molar-refractivity contribution in [3.8, 4) is 0 Å². The topological polar surface area (TPSA) is 41.3 Å². The summed E-state index contributed by atoms with van der Waals surface area (Å²) < 4.78 is 1.02. The van der Waals surface area contributed by atoms with Crippen molar-refractivity contribution in [1.82, 2.24) is 4.90 Å². The van der Waals surface area contributed by atoms with E-state index < -0.39 is 0 Å². The molecule has 0 aliphatic heterocycles. The van der Waals surface area contributed by atoms with Gasteiger partial charge in [-0.2, -0.15) is 0 Å². The first-order valence-corrected chi connectivity index (χ1v) is 7.34. The third-order valence-electron chi connectivity index (χ3n) is 2.88. The largest absolute Gasteiger partial charge is 0.389 e. The molecule has 1 aromatic carbocycles. The molecule has 0 spiro atoms. The summed E-state index contributed by atoms with van der Waals surface area (Å²) in [6.07, 6.45) is 0. The molecule has 0 fully saturated rings. The van der Waals surface area contributed by atoms with Crippen molar-refractivity contribution in [2.24, 2.45) is 5.73 Å². The quantitative estimate of drug-likeness (QED) is 0.755. The first kappa shape index (κ1) is 15.4. The summed E-state index contributed by atoms with van der Waals surface area (Å²) in [5.41, 5.74) is 7.60. The Morgan fingerprint density at radius 2 is 2.06 bits per heavy atom. The molecular formula is C13H20BrN3S. The molecule has 0 saturated heterocycles. The number of nitrogens with zero attached hydrogens (tertiary/aromatic N) is 1. The van der Waals surface area contributed by atoms with E-state index in [0.717, 1.165) is 41.9 Å². The smallest absolute Gasteiger partial charge is 0.106 e. The van der Waals surface area contributed by atoms with E-state index in [4.69, 9.17) is 18.0 Å². The van der Waals surface area contributed by atoms with E-state index in [0.29, 0.717) is 4.99 Å². The van der Waals surface area contributed by atoms with Crippen LogP contribution in [0.5, 0.6) is 0 Å². The van der Waals surface area contributed by atoms with Crippen molar-refractivity contribution in [1.29, 1.82) is 0 Å². The lowest BCUT2D eigenvalue weighted by molar-refractivity contribution is 0.316. The minimum atomic E-state index is 0.424. The molecule has 1 aromatic rings. The van der Waals surface area contributed by atoms with Crippen molar-refractivity contribution >= 4 is 38.8 Å². The molecule has 18 heavy (non-hydrogen) atoms. The van der Waals surface area contributed by atoms with Crippen molar-refractivity contribution in [3.63, 3.8) is 0 Å². The number of halogens is 1. The van der Waals surface area contributed by atoms with E-state index in [1.165, 1.54) is 0 Å². The summed E-state index contributed by atoms with van der Waals surface area (Å²) in [5.74, 6) is 0. The Hall–Kier alpha value is -0.650. The van der Waals surface area contributed by atoms with Gasteiger partial charge in [0.25, 0.3) is 0 Å². The average molecular weight is 330 g/mol. The summed E-state index contributed by atoms with van der Waals surface area (Å²) in [6, 6.07) is 5.90. The summed E-state index contributed by atoms with van der Waals surface area (Å²) in [6.45, 7) is 8.37. The van der Waals surface area contributed by atoms with Gasteiger partial charge in [0, 0.05) is 28.8 Å². The molecule has 100 valence electrons. The fourth-order valence-electron chi connectivity index (χ4n) is 1.77. The number of benzene rings is 1. The predicted molar refractivity (Wildman–Crippen MR) is 86.3 cm³/mol. The molecule has 0 aliphatic carbocycles. The van der Waals surface area contributed by atoms with Crippen LogP contribution >= 0.6 is 28.1 Å². The second kappa shape index (κ2) is 7.71. The molecule has 0 amide bonds. The van der Waals surface area contributed by atoms with Crippen LogP contribution in [0.15, 0.2) is 22.7 Å². The van der Waals surface area contributed by atoms with Gasteiger partial charge in [0.1, 0.15) is 4.99 Å². The lowest BCUT2D eigenvalue weighted by Gasteiger charge is -2.19. The maximum Gasteiger partial charge on any atom is 0.106 e. The zero-order valence-electron chi connectivity index (χ0n) is 10.9. The lowest BCUT2D eigenvalue weighted by Crippen LogP contribution is -2.29. The second-order valence-corrected chi connectivity index (χ2v) is 5.36. The highest BCUT2D eigenvalue weighted by molar-refractivity contribution is 9.10. The molecule has 0 unspecified atom stereocenters. The van der Waals surface area contributed by atoms with Crippen LogP contribution in [-0.4, -0.2) is 36.1 Å². The Morgan fingerprint density at radius 1 is 1.39 bits per heavy atom. The minimum absolute atomic E-state index is 0.424.